The van der Waals surface area contributed by atoms with Crippen molar-refractivity contribution in [3.8, 4) is 0 Å². The number of anilines is 1. The number of benzene rings is 2. The van der Waals surface area contributed by atoms with Crippen LogP contribution in [0.25, 0.3) is 0 Å². The van der Waals surface area contributed by atoms with Gasteiger partial charge in [0.15, 0.2) is 0 Å². The van der Waals surface area contributed by atoms with Crippen LogP contribution in [0.5, 0.6) is 0 Å². The van der Waals surface area contributed by atoms with Gasteiger partial charge in [-0.05, 0) is 36.1 Å². The highest BCUT2D eigenvalue weighted by atomic mass is 16.3. The lowest BCUT2D eigenvalue weighted by Gasteiger charge is -2.28. The Labute approximate surface area is 143 Å². The van der Waals surface area contributed by atoms with Gasteiger partial charge in [0, 0.05) is 31.2 Å². The van der Waals surface area contributed by atoms with E-state index in [4.69, 9.17) is 0 Å². The first-order valence-electron chi connectivity index (χ1n) is 8.55. The first kappa shape index (κ1) is 16.7. The smallest absolute Gasteiger partial charge is 0.225 e. The van der Waals surface area contributed by atoms with Gasteiger partial charge in [0.25, 0.3) is 0 Å². The maximum Gasteiger partial charge on any atom is 0.225 e. The van der Waals surface area contributed by atoms with Gasteiger partial charge in [-0.3, -0.25) is 9.69 Å². The Morgan fingerprint density at radius 2 is 1.83 bits per heavy atom. The number of para-hydroxylation sites is 1. The molecule has 0 spiro atoms. The van der Waals surface area contributed by atoms with E-state index < -0.39 is 0 Å². The maximum absolute atomic E-state index is 12.2. The number of aliphatic hydroxyl groups is 1. The third-order valence-electron chi connectivity index (χ3n) is 4.61. The maximum atomic E-state index is 12.2. The largest absolute Gasteiger partial charge is 0.395 e. The summed E-state index contributed by atoms with van der Waals surface area (Å²) in [5.41, 5.74) is 3.55. The summed E-state index contributed by atoms with van der Waals surface area (Å²) in [5.74, 6) is 0.00965. The average molecular weight is 324 g/mol. The molecule has 0 aromatic heterocycles. The summed E-state index contributed by atoms with van der Waals surface area (Å²) in [6.07, 6.45) is 2.55. The molecule has 0 saturated carbocycles. The molecule has 2 aromatic carbocycles. The SMILES string of the molecule is O=C(CCN(CCO)C1CCc2ccccc21)Nc1ccccc1. The molecule has 0 fully saturated rings. The van der Waals surface area contributed by atoms with Crippen LogP contribution in [0.2, 0.25) is 0 Å². The Bertz CT molecular complexity index is 672. The summed E-state index contributed by atoms with van der Waals surface area (Å²) in [6.45, 7) is 1.36. The van der Waals surface area contributed by atoms with E-state index in [0.717, 1.165) is 18.5 Å². The highest BCUT2D eigenvalue weighted by Gasteiger charge is 2.27. The number of carbonyl (C=O) groups is 1. The van der Waals surface area contributed by atoms with Gasteiger partial charge in [-0.25, -0.2) is 0 Å². The van der Waals surface area contributed by atoms with Gasteiger partial charge in [0.05, 0.1) is 6.61 Å². The highest BCUT2D eigenvalue weighted by Crippen LogP contribution is 2.35. The van der Waals surface area contributed by atoms with Gasteiger partial charge in [0.1, 0.15) is 0 Å². The molecule has 4 heteroatoms. The molecule has 2 N–H and O–H groups in total. The molecule has 0 saturated heterocycles. The number of hydrogen-bond donors (Lipinski definition) is 2. The number of fused-ring (bicyclic) bond motifs is 1. The van der Waals surface area contributed by atoms with Crippen molar-refractivity contribution in [3.05, 3.63) is 65.7 Å². The number of aryl methyl sites for hydroxylation is 1. The fraction of sp³-hybridized carbons (Fsp3) is 0.350. The Kier molecular flexibility index (Phi) is 5.62. The summed E-state index contributed by atoms with van der Waals surface area (Å²) >= 11 is 0. The number of nitrogens with zero attached hydrogens (tertiary/aromatic N) is 1. The zero-order valence-electron chi connectivity index (χ0n) is 13.8. The Balaban J connectivity index is 1.60. The van der Waals surface area contributed by atoms with Gasteiger partial charge in [-0.2, -0.15) is 0 Å². The Hall–Kier alpha value is -2.17. The molecule has 1 aliphatic carbocycles. The van der Waals surface area contributed by atoms with Gasteiger partial charge >= 0.3 is 0 Å². The molecule has 3 rings (SSSR count). The summed E-state index contributed by atoms with van der Waals surface area (Å²) < 4.78 is 0. The molecule has 0 radical (unpaired) electrons. The Morgan fingerprint density at radius 1 is 1.08 bits per heavy atom. The van der Waals surface area contributed by atoms with Gasteiger partial charge < -0.3 is 10.4 Å². The number of rotatable bonds is 7. The van der Waals surface area contributed by atoms with E-state index in [0.29, 0.717) is 25.6 Å². The summed E-state index contributed by atoms with van der Waals surface area (Å²) in [6, 6.07) is 18.3. The molecule has 1 aliphatic rings. The average Bonchev–Trinajstić information content (AvgIpc) is 3.03. The minimum atomic E-state index is 0.00965. The van der Waals surface area contributed by atoms with Crippen LogP contribution < -0.4 is 5.32 Å². The molecule has 4 nitrogen and oxygen atoms in total. The predicted molar refractivity (Wildman–Crippen MR) is 95.9 cm³/mol. The summed E-state index contributed by atoms with van der Waals surface area (Å²) in [7, 11) is 0. The second-order valence-corrected chi connectivity index (χ2v) is 6.18. The predicted octanol–water partition coefficient (Wildman–Crippen LogP) is 3.00. The van der Waals surface area contributed by atoms with Crippen LogP contribution in [0, 0.1) is 0 Å². The molecule has 24 heavy (non-hydrogen) atoms. The van der Waals surface area contributed by atoms with Crippen LogP contribution in [-0.4, -0.2) is 35.6 Å². The molecule has 0 aliphatic heterocycles. The molecule has 1 unspecified atom stereocenters. The van der Waals surface area contributed by atoms with Crippen LogP contribution in [0.1, 0.15) is 30.0 Å². The lowest BCUT2D eigenvalue weighted by Crippen LogP contribution is -2.33. The van der Waals surface area contributed by atoms with Crippen LogP contribution in [0.3, 0.4) is 0 Å². The molecule has 1 amide bonds. The summed E-state index contributed by atoms with van der Waals surface area (Å²) in [4.78, 5) is 14.4. The standard InChI is InChI=1S/C20H24N2O2/c23-15-14-22(19-11-10-16-6-4-5-9-18(16)19)13-12-20(24)21-17-7-2-1-3-8-17/h1-9,19,23H,10-15H2,(H,21,24). The van der Waals surface area contributed by atoms with Crippen molar-refractivity contribution >= 4 is 11.6 Å². The molecule has 0 bridgehead atoms. The summed E-state index contributed by atoms with van der Waals surface area (Å²) in [5, 5.41) is 12.3. The van der Waals surface area contributed by atoms with E-state index in [1.165, 1.54) is 11.1 Å². The normalized spacial score (nSPS) is 16.2. The van der Waals surface area contributed by atoms with E-state index in [-0.39, 0.29) is 12.5 Å². The topological polar surface area (TPSA) is 52.6 Å². The molecule has 126 valence electrons. The van der Waals surface area contributed by atoms with Crippen molar-refractivity contribution in [1.82, 2.24) is 4.90 Å². The van der Waals surface area contributed by atoms with E-state index in [1.54, 1.807) is 0 Å². The third-order valence-corrected chi connectivity index (χ3v) is 4.61. The molecular weight excluding hydrogens is 300 g/mol. The third kappa shape index (κ3) is 4.02. The van der Waals surface area contributed by atoms with Crippen molar-refractivity contribution in [2.45, 2.75) is 25.3 Å². The lowest BCUT2D eigenvalue weighted by atomic mass is 10.1. The van der Waals surface area contributed by atoms with E-state index in [1.807, 2.05) is 30.3 Å². The monoisotopic (exact) mass is 324 g/mol. The van der Waals surface area contributed by atoms with Gasteiger partial charge in [-0.1, -0.05) is 42.5 Å². The highest BCUT2D eigenvalue weighted by molar-refractivity contribution is 5.90. The van der Waals surface area contributed by atoms with Crippen molar-refractivity contribution in [1.29, 1.82) is 0 Å². The molecule has 0 heterocycles. The molecule has 1 atom stereocenters. The minimum Gasteiger partial charge on any atom is -0.395 e. The minimum absolute atomic E-state index is 0.00965. The number of aliphatic hydroxyl groups excluding tert-OH is 1. The van der Waals surface area contributed by atoms with E-state index >= 15 is 0 Å². The quantitative estimate of drug-likeness (QED) is 0.823. The first-order chi connectivity index (χ1) is 11.8. The number of carbonyl (C=O) groups excluding carboxylic acids is 1. The number of amides is 1. The van der Waals surface area contributed by atoms with Gasteiger partial charge in [0.2, 0.25) is 5.91 Å². The molecular formula is C20H24N2O2. The van der Waals surface area contributed by atoms with Crippen LogP contribution in [0.15, 0.2) is 54.6 Å². The van der Waals surface area contributed by atoms with Crippen molar-refractivity contribution in [2.24, 2.45) is 0 Å². The van der Waals surface area contributed by atoms with Crippen molar-refractivity contribution < 1.29 is 9.90 Å². The fourth-order valence-corrected chi connectivity index (χ4v) is 3.46. The van der Waals surface area contributed by atoms with Gasteiger partial charge in [-0.15, -0.1) is 0 Å². The van der Waals surface area contributed by atoms with Crippen LogP contribution in [0.4, 0.5) is 5.69 Å². The molecule has 2 aromatic rings. The first-order valence-corrected chi connectivity index (χ1v) is 8.55. The van der Waals surface area contributed by atoms with Crippen molar-refractivity contribution in [3.63, 3.8) is 0 Å². The van der Waals surface area contributed by atoms with E-state index in [9.17, 15) is 9.90 Å². The fourth-order valence-electron chi connectivity index (χ4n) is 3.46. The van der Waals surface area contributed by atoms with Crippen molar-refractivity contribution in [2.75, 3.05) is 25.0 Å². The van der Waals surface area contributed by atoms with Crippen LogP contribution >= 0.6 is 0 Å². The second kappa shape index (κ2) is 8.08. The lowest BCUT2D eigenvalue weighted by molar-refractivity contribution is -0.116. The second-order valence-electron chi connectivity index (χ2n) is 6.18. The zero-order valence-corrected chi connectivity index (χ0v) is 13.8. The van der Waals surface area contributed by atoms with E-state index in [2.05, 4.69) is 34.5 Å². The zero-order chi connectivity index (χ0) is 16.8. The number of hydrogen-bond acceptors (Lipinski definition) is 3. The number of nitrogens with one attached hydrogen (secondary N) is 1. The van der Waals surface area contributed by atoms with Crippen LogP contribution in [-0.2, 0) is 11.2 Å². The Morgan fingerprint density at radius 3 is 2.62 bits per heavy atom.